The fourth-order valence-electron chi connectivity index (χ4n) is 10.9. The van der Waals surface area contributed by atoms with Crippen LogP contribution in [0.1, 0.15) is 88.2 Å². The molecule has 0 aromatic carbocycles. The molecular formula is C28H32S3. The molecule has 3 heterocycles. The lowest BCUT2D eigenvalue weighted by Gasteiger charge is -2.57. The van der Waals surface area contributed by atoms with E-state index in [9.17, 15) is 0 Å². The van der Waals surface area contributed by atoms with Gasteiger partial charge in [0.25, 0.3) is 0 Å². The van der Waals surface area contributed by atoms with Gasteiger partial charge in [0.1, 0.15) is 0 Å². The van der Waals surface area contributed by atoms with Gasteiger partial charge in [0.2, 0.25) is 0 Å². The maximum absolute atomic E-state index is 2.64. The van der Waals surface area contributed by atoms with Gasteiger partial charge in [-0.1, -0.05) is 0 Å². The van der Waals surface area contributed by atoms with Crippen molar-refractivity contribution in [3.05, 3.63) is 21.9 Å². The molecule has 8 fully saturated rings. The molecule has 0 atom stereocenters. The maximum Gasteiger partial charge on any atom is 0.0632 e. The number of hydrogen-bond donors (Lipinski definition) is 0. The molecule has 0 saturated heterocycles. The monoisotopic (exact) mass is 464 g/mol. The van der Waals surface area contributed by atoms with Crippen molar-refractivity contribution < 1.29 is 0 Å². The van der Waals surface area contributed by atoms with Crippen molar-refractivity contribution in [3.63, 3.8) is 0 Å². The average Bonchev–Trinajstić information content (AvgIpc) is 3.37. The summed E-state index contributed by atoms with van der Waals surface area (Å²) in [4.78, 5) is 0. The summed E-state index contributed by atoms with van der Waals surface area (Å²) >= 11 is 6.47. The van der Waals surface area contributed by atoms with Gasteiger partial charge in [-0.15, -0.1) is 34.0 Å². The molecule has 0 aliphatic heterocycles. The van der Waals surface area contributed by atoms with Gasteiger partial charge in [-0.2, -0.15) is 0 Å². The van der Waals surface area contributed by atoms with Crippen molar-refractivity contribution in [2.45, 2.75) is 87.9 Å². The molecule has 0 amide bonds. The van der Waals surface area contributed by atoms with Gasteiger partial charge in [0.15, 0.2) is 0 Å². The molecule has 11 rings (SSSR count). The summed E-state index contributed by atoms with van der Waals surface area (Å²) < 4.78 is 6.82. The van der Waals surface area contributed by atoms with Crippen molar-refractivity contribution >= 4 is 52.8 Å². The lowest BCUT2D eigenvalue weighted by molar-refractivity contribution is -0.00435. The Bertz CT molecular complexity index is 1050. The number of fused-ring (bicyclic) bond motifs is 3. The van der Waals surface area contributed by atoms with E-state index >= 15 is 0 Å². The molecule has 31 heavy (non-hydrogen) atoms. The highest BCUT2D eigenvalue weighted by Gasteiger charge is 2.54. The number of hydrogen-bond acceptors (Lipinski definition) is 3. The van der Waals surface area contributed by atoms with Gasteiger partial charge in [0.05, 0.1) is 18.8 Å². The zero-order chi connectivity index (χ0) is 19.9. The summed E-state index contributed by atoms with van der Waals surface area (Å²) in [5, 5.41) is 5.27. The largest absolute Gasteiger partial charge is 0.141 e. The second-order valence-electron chi connectivity index (χ2n) is 13.1. The first-order valence-electron chi connectivity index (χ1n) is 13.1. The maximum atomic E-state index is 2.64. The van der Waals surface area contributed by atoms with Crippen molar-refractivity contribution in [3.8, 4) is 0 Å². The quantitative estimate of drug-likeness (QED) is 0.355. The van der Waals surface area contributed by atoms with Gasteiger partial charge >= 0.3 is 0 Å². The van der Waals surface area contributed by atoms with Crippen LogP contribution in [0, 0.1) is 35.5 Å². The minimum absolute atomic E-state index is 0.556. The van der Waals surface area contributed by atoms with E-state index in [1.165, 1.54) is 38.5 Å². The van der Waals surface area contributed by atoms with Gasteiger partial charge in [0, 0.05) is 0 Å². The molecule has 8 bridgehead atoms. The zero-order valence-electron chi connectivity index (χ0n) is 18.3. The van der Waals surface area contributed by atoms with E-state index in [0.717, 1.165) is 35.5 Å². The van der Waals surface area contributed by atoms with Crippen LogP contribution in [-0.4, -0.2) is 0 Å². The van der Waals surface area contributed by atoms with Crippen molar-refractivity contribution in [1.82, 2.24) is 0 Å². The number of rotatable bonds is 2. The summed E-state index contributed by atoms with van der Waals surface area (Å²) in [6.07, 6.45) is 18.4. The normalized spacial score (nSPS) is 47.4. The van der Waals surface area contributed by atoms with Crippen LogP contribution < -0.4 is 0 Å². The lowest BCUT2D eigenvalue weighted by Crippen LogP contribution is -2.48. The SMILES string of the molecule is c1sc2c(sc3c(C45CC6CC(CC(C6)C4)C5)csc32)c1C12CC3CC(CC(C3)C1)C2. The highest BCUT2D eigenvalue weighted by Crippen LogP contribution is 2.65. The van der Waals surface area contributed by atoms with Gasteiger partial charge in [-0.3, -0.25) is 0 Å². The van der Waals surface area contributed by atoms with Crippen molar-refractivity contribution in [2.75, 3.05) is 0 Å². The van der Waals surface area contributed by atoms with E-state index in [1.807, 2.05) is 11.1 Å². The lowest BCUT2D eigenvalue weighted by atomic mass is 9.48. The summed E-state index contributed by atoms with van der Waals surface area (Å²) in [6, 6.07) is 0. The Morgan fingerprint density at radius 1 is 0.484 bits per heavy atom. The molecule has 8 saturated carbocycles. The third-order valence-electron chi connectivity index (χ3n) is 11.1. The Morgan fingerprint density at radius 2 is 0.806 bits per heavy atom. The first-order chi connectivity index (χ1) is 15.2. The highest BCUT2D eigenvalue weighted by molar-refractivity contribution is 7.38. The van der Waals surface area contributed by atoms with E-state index in [0.29, 0.717) is 10.8 Å². The molecule has 3 heteroatoms. The van der Waals surface area contributed by atoms with E-state index in [1.54, 1.807) is 57.3 Å². The Kier molecular flexibility index (Phi) is 3.38. The molecule has 0 N–H and O–H groups in total. The van der Waals surface area contributed by atoms with Crippen LogP contribution in [0.15, 0.2) is 10.8 Å². The van der Waals surface area contributed by atoms with Gasteiger partial charge in [-0.05, 0) is 145 Å². The predicted molar refractivity (Wildman–Crippen MR) is 135 cm³/mol. The van der Waals surface area contributed by atoms with Crippen LogP contribution in [0.3, 0.4) is 0 Å². The molecule has 3 aromatic heterocycles. The van der Waals surface area contributed by atoms with E-state index < -0.39 is 0 Å². The Balaban J connectivity index is 1.20. The molecular weight excluding hydrogens is 433 g/mol. The Hall–Kier alpha value is -0.380. The Labute approximate surface area is 197 Å². The number of thiophene rings is 3. The highest BCUT2D eigenvalue weighted by atomic mass is 32.1. The fourth-order valence-corrected chi connectivity index (χ4v) is 15.5. The van der Waals surface area contributed by atoms with Crippen LogP contribution in [-0.2, 0) is 10.8 Å². The van der Waals surface area contributed by atoms with Crippen LogP contribution in [0.25, 0.3) is 18.8 Å². The second-order valence-corrected chi connectivity index (χ2v) is 15.9. The van der Waals surface area contributed by atoms with Crippen LogP contribution in [0.4, 0.5) is 0 Å². The van der Waals surface area contributed by atoms with Crippen LogP contribution >= 0.6 is 34.0 Å². The average molecular weight is 465 g/mol. The van der Waals surface area contributed by atoms with E-state index in [4.69, 9.17) is 0 Å². The van der Waals surface area contributed by atoms with E-state index in [-0.39, 0.29) is 0 Å². The smallest absolute Gasteiger partial charge is 0.0632 e. The summed E-state index contributed by atoms with van der Waals surface area (Å²) in [5.41, 5.74) is 4.75. The molecule has 0 radical (unpaired) electrons. The third-order valence-corrected chi connectivity index (χ3v) is 14.8. The Morgan fingerprint density at radius 3 is 1.13 bits per heavy atom. The van der Waals surface area contributed by atoms with Gasteiger partial charge in [-0.25, -0.2) is 0 Å². The van der Waals surface area contributed by atoms with Gasteiger partial charge < -0.3 is 0 Å². The zero-order valence-corrected chi connectivity index (χ0v) is 20.8. The van der Waals surface area contributed by atoms with Crippen molar-refractivity contribution in [2.24, 2.45) is 35.5 Å². The first-order valence-corrected chi connectivity index (χ1v) is 15.7. The molecule has 8 aliphatic carbocycles. The summed E-state index contributed by atoms with van der Waals surface area (Å²) in [7, 11) is 0. The van der Waals surface area contributed by atoms with E-state index in [2.05, 4.69) is 44.8 Å². The second kappa shape index (κ2) is 5.81. The predicted octanol–water partition coefficient (Wildman–Crippen LogP) is 9.11. The summed E-state index contributed by atoms with van der Waals surface area (Å²) in [5.74, 6) is 6.28. The fraction of sp³-hybridized carbons (Fsp3) is 0.714. The molecule has 0 nitrogen and oxygen atoms in total. The topological polar surface area (TPSA) is 0 Å². The molecule has 3 aromatic rings. The summed E-state index contributed by atoms with van der Waals surface area (Å²) in [6.45, 7) is 0. The first kappa shape index (κ1) is 18.0. The minimum Gasteiger partial charge on any atom is -0.141 e. The minimum atomic E-state index is 0.556. The van der Waals surface area contributed by atoms with Crippen LogP contribution in [0.5, 0.6) is 0 Å². The molecule has 162 valence electrons. The molecule has 0 unspecified atom stereocenters. The van der Waals surface area contributed by atoms with Crippen LogP contribution in [0.2, 0.25) is 0 Å². The standard InChI is InChI=1S/C28H32S3/c1-15-2-17-3-16(1)8-27(7-15,9-17)21-13-29-25-23(21)31-24-22(14-30-26(24)25)28-10-18-4-19(11-28)6-20(5-18)12-28/h13-20H,1-12H2. The van der Waals surface area contributed by atoms with Crippen molar-refractivity contribution in [1.29, 1.82) is 0 Å². The third kappa shape index (κ3) is 2.28. The molecule has 0 spiro atoms. The molecule has 8 aliphatic rings.